The average molecular weight is 400 g/mol. The molecule has 0 saturated heterocycles. The second-order valence-corrected chi connectivity index (χ2v) is 8.07. The van der Waals surface area contributed by atoms with Crippen molar-refractivity contribution in [3.05, 3.63) is 77.6 Å². The summed E-state index contributed by atoms with van der Waals surface area (Å²) < 4.78 is 0. The van der Waals surface area contributed by atoms with Crippen molar-refractivity contribution < 1.29 is 0 Å². The van der Waals surface area contributed by atoms with E-state index in [1.54, 1.807) is 0 Å². The summed E-state index contributed by atoms with van der Waals surface area (Å²) >= 11 is 6.34. The Balaban J connectivity index is 1.60. The summed E-state index contributed by atoms with van der Waals surface area (Å²) in [7, 11) is 0. The summed E-state index contributed by atoms with van der Waals surface area (Å²) in [6, 6.07) is 23.0. The molecule has 0 spiro atoms. The molecule has 0 N–H and O–H groups in total. The number of benzene rings is 3. The van der Waals surface area contributed by atoms with Crippen LogP contribution in [0.1, 0.15) is 43.6 Å². The first kappa shape index (κ1) is 18.3. The lowest BCUT2D eigenvalue weighted by molar-refractivity contribution is 0.444. The van der Waals surface area contributed by atoms with Gasteiger partial charge in [-0.1, -0.05) is 79.9 Å². The molecule has 29 heavy (non-hydrogen) atoms. The zero-order chi connectivity index (χ0) is 19.6. The highest BCUT2D eigenvalue weighted by molar-refractivity contribution is 6.28. The van der Waals surface area contributed by atoms with E-state index in [2.05, 4.69) is 58.5 Å². The molecular weight excluding hydrogens is 378 g/mol. The van der Waals surface area contributed by atoms with Crippen LogP contribution in [0, 0.1) is 0 Å². The highest BCUT2D eigenvalue weighted by atomic mass is 35.5. The first-order chi connectivity index (χ1) is 14.3. The third-order valence-corrected chi connectivity index (χ3v) is 6.03. The van der Waals surface area contributed by atoms with Gasteiger partial charge in [0.1, 0.15) is 0 Å². The van der Waals surface area contributed by atoms with Gasteiger partial charge in [0.05, 0.1) is 0 Å². The fourth-order valence-corrected chi connectivity index (χ4v) is 4.56. The number of hydrogen-bond donors (Lipinski definition) is 0. The largest absolute Gasteiger partial charge is 0.226 e. The van der Waals surface area contributed by atoms with E-state index in [4.69, 9.17) is 16.6 Å². The van der Waals surface area contributed by atoms with Gasteiger partial charge in [-0.2, -0.15) is 9.97 Å². The summed E-state index contributed by atoms with van der Waals surface area (Å²) in [5.41, 5.74) is 3.36. The lowest BCUT2D eigenvalue weighted by Crippen LogP contribution is -2.07. The van der Waals surface area contributed by atoms with Crippen molar-refractivity contribution in [1.29, 1.82) is 0 Å². The number of rotatable bonds is 3. The topological polar surface area (TPSA) is 38.7 Å². The molecule has 0 amide bonds. The van der Waals surface area contributed by atoms with Crippen LogP contribution in [-0.4, -0.2) is 15.0 Å². The lowest BCUT2D eigenvalue weighted by Gasteiger charge is -2.24. The van der Waals surface area contributed by atoms with Crippen molar-refractivity contribution in [2.45, 2.75) is 38.0 Å². The number of aromatic nitrogens is 3. The molecule has 0 bridgehead atoms. The second kappa shape index (κ2) is 7.92. The molecule has 144 valence electrons. The fraction of sp³-hybridized carbons (Fsp3) is 0.240. The lowest BCUT2D eigenvalue weighted by atomic mass is 9.82. The molecule has 4 heteroatoms. The van der Waals surface area contributed by atoms with E-state index in [-0.39, 0.29) is 5.28 Å². The number of nitrogens with zero attached hydrogens (tertiary/aromatic N) is 3. The smallest absolute Gasteiger partial charge is 0.208 e. The standard InChI is InChI=1S/C25H22ClN3/c26-25-28-23(20-15-14-17-8-4-5-11-19(17)16-20)27-24(29-25)22-13-7-6-12-21(22)18-9-2-1-3-10-18/h4-8,11-16,18H,1-3,9-10H2. The van der Waals surface area contributed by atoms with Crippen LogP contribution in [0.2, 0.25) is 5.28 Å². The van der Waals surface area contributed by atoms with Crippen molar-refractivity contribution in [2.24, 2.45) is 0 Å². The van der Waals surface area contributed by atoms with Gasteiger partial charge in [-0.25, -0.2) is 4.98 Å². The van der Waals surface area contributed by atoms with Crippen LogP contribution in [0.4, 0.5) is 0 Å². The Hall–Kier alpha value is -2.78. The maximum Gasteiger partial charge on any atom is 0.226 e. The van der Waals surface area contributed by atoms with Crippen LogP contribution in [0.15, 0.2) is 66.7 Å². The summed E-state index contributed by atoms with van der Waals surface area (Å²) in [4.78, 5) is 13.7. The third kappa shape index (κ3) is 3.75. The van der Waals surface area contributed by atoms with Crippen LogP contribution in [0.3, 0.4) is 0 Å². The molecule has 1 heterocycles. The van der Waals surface area contributed by atoms with Gasteiger partial charge in [-0.15, -0.1) is 0 Å². The predicted octanol–water partition coefficient (Wildman–Crippen LogP) is 7.06. The van der Waals surface area contributed by atoms with Crippen LogP contribution >= 0.6 is 11.6 Å². The van der Waals surface area contributed by atoms with Crippen LogP contribution in [0.25, 0.3) is 33.5 Å². The van der Waals surface area contributed by atoms with Crippen molar-refractivity contribution in [3.8, 4) is 22.8 Å². The number of fused-ring (bicyclic) bond motifs is 1. The van der Waals surface area contributed by atoms with Crippen LogP contribution in [-0.2, 0) is 0 Å². The van der Waals surface area contributed by atoms with E-state index in [9.17, 15) is 0 Å². The molecule has 0 unspecified atom stereocenters. The van der Waals surface area contributed by atoms with Gasteiger partial charge in [0.15, 0.2) is 11.6 Å². The van der Waals surface area contributed by atoms with Gasteiger partial charge in [0, 0.05) is 11.1 Å². The molecule has 0 aliphatic heterocycles. The van der Waals surface area contributed by atoms with Crippen molar-refractivity contribution >= 4 is 22.4 Å². The Kier molecular flexibility index (Phi) is 4.99. The highest BCUT2D eigenvalue weighted by Gasteiger charge is 2.20. The van der Waals surface area contributed by atoms with Gasteiger partial charge < -0.3 is 0 Å². The molecular formula is C25H22ClN3. The Bertz CT molecular complexity index is 1170. The summed E-state index contributed by atoms with van der Waals surface area (Å²) in [5.74, 6) is 1.85. The van der Waals surface area contributed by atoms with Gasteiger partial charge in [0.2, 0.25) is 5.28 Å². The van der Waals surface area contributed by atoms with Crippen LogP contribution < -0.4 is 0 Å². The highest BCUT2D eigenvalue weighted by Crippen LogP contribution is 2.37. The molecule has 0 radical (unpaired) electrons. The quantitative estimate of drug-likeness (QED) is 0.370. The van der Waals surface area contributed by atoms with Crippen LogP contribution in [0.5, 0.6) is 0 Å². The maximum atomic E-state index is 6.34. The Morgan fingerprint density at radius 2 is 1.41 bits per heavy atom. The minimum absolute atomic E-state index is 0.233. The van der Waals surface area contributed by atoms with E-state index >= 15 is 0 Å². The Labute approximate surface area is 175 Å². The second-order valence-electron chi connectivity index (χ2n) is 7.74. The SMILES string of the molecule is Clc1nc(-c2ccc3ccccc3c2)nc(-c2ccccc2C2CCCCC2)n1. The molecule has 4 aromatic rings. The fourth-order valence-electron chi connectivity index (χ4n) is 4.40. The molecule has 3 aromatic carbocycles. The van der Waals surface area contributed by atoms with Gasteiger partial charge in [-0.3, -0.25) is 0 Å². The van der Waals surface area contributed by atoms with E-state index in [1.165, 1.54) is 43.1 Å². The Morgan fingerprint density at radius 3 is 2.28 bits per heavy atom. The molecule has 1 aromatic heterocycles. The van der Waals surface area contributed by atoms with Crippen molar-refractivity contribution in [3.63, 3.8) is 0 Å². The number of hydrogen-bond acceptors (Lipinski definition) is 3. The Morgan fingerprint density at radius 1 is 0.690 bits per heavy atom. The number of halogens is 1. The van der Waals surface area contributed by atoms with E-state index in [0.717, 1.165) is 16.5 Å². The van der Waals surface area contributed by atoms with E-state index in [1.807, 2.05) is 18.2 Å². The molecule has 3 nitrogen and oxygen atoms in total. The van der Waals surface area contributed by atoms with Gasteiger partial charge >= 0.3 is 0 Å². The molecule has 1 saturated carbocycles. The maximum absolute atomic E-state index is 6.34. The molecule has 5 rings (SSSR count). The normalized spacial score (nSPS) is 14.9. The monoisotopic (exact) mass is 399 g/mol. The molecule has 1 fully saturated rings. The zero-order valence-electron chi connectivity index (χ0n) is 16.2. The summed E-state index contributed by atoms with van der Waals surface area (Å²) in [5, 5.41) is 2.58. The first-order valence-corrected chi connectivity index (χ1v) is 10.7. The minimum atomic E-state index is 0.233. The first-order valence-electron chi connectivity index (χ1n) is 10.3. The van der Waals surface area contributed by atoms with Crippen molar-refractivity contribution in [1.82, 2.24) is 15.0 Å². The van der Waals surface area contributed by atoms with Gasteiger partial charge in [0.25, 0.3) is 0 Å². The summed E-state index contributed by atoms with van der Waals surface area (Å²) in [6.45, 7) is 0. The minimum Gasteiger partial charge on any atom is -0.208 e. The van der Waals surface area contributed by atoms with E-state index < -0.39 is 0 Å². The predicted molar refractivity (Wildman–Crippen MR) is 119 cm³/mol. The summed E-state index contributed by atoms with van der Waals surface area (Å²) in [6.07, 6.45) is 6.38. The molecule has 0 atom stereocenters. The third-order valence-electron chi connectivity index (χ3n) is 5.86. The van der Waals surface area contributed by atoms with E-state index in [0.29, 0.717) is 17.6 Å². The molecule has 1 aliphatic carbocycles. The van der Waals surface area contributed by atoms with Crippen molar-refractivity contribution in [2.75, 3.05) is 0 Å². The molecule has 1 aliphatic rings. The average Bonchev–Trinajstić information content (AvgIpc) is 2.79. The van der Waals surface area contributed by atoms with Gasteiger partial charge in [-0.05, 0) is 52.8 Å². The zero-order valence-corrected chi connectivity index (χ0v) is 16.9.